The van der Waals surface area contributed by atoms with E-state index in [2.05, 4.69) is 4.90 Å². The smallest absolute Gasteiger partial charge is 0.303 e. The van der Waals surface area contributed by atoms with E-state index in [0.29, 0.717) is 79.3 Å². The number of unbranched alkanes of at least 4 members (excludes halogenated alkanes) is 2. The molecule has 67 heavy (non-hydrogen) atoms. The zero-order valence-corrected chi connectivity index (χ0v) is 40.7. The molecule has 0 saturated heterocycles. The summed E-state index contributed by atoms with van der Waals surface area (Å²) < 4.78 is 152. The Kier molecular flexibility index (Phi) is 14.9. The normalized spacial score (nSPS) is 19.4. The number of carboxylic acids is 1. The highest BCUT2D eigenvalue weighted by Crippen LogP contribution is 2.54. The highest BCUT2D eigenvalue weighted by Gasteiger charge is 2.46. The number of benzene rings is 4. The highest BCUT2D eigenvalue weighted by atomic mass is 32.2. The molecule has 2 unspecified atom stereocenters. The summed E-state index contributed by atoms with van der Waals surface area (Å²) in [6.07, 6.45) is 10.9. The Morgan fingerprint density at radius 2 is 1.25 bits per heavy atom. The van der Waals surface area contributed by atoms with Crippen LogP contribution < -0.4 is 9.80 Å². The molecule has 6 rings (SSSR count). The number of likely N-dealkylation sites (N-methyl/N-ethyl adjacent to an activating group) is 1. The second kappa shape index (κ2) is 19.3. The van der Waals surface area contributed by atoms with Gasteiger partial charge in [0.05, 0.1) is 29.0 Å². The molecule has 0 fully saturated rings. The zero-order chi connectivity index (χ0) is 49.5. The van der Waals surface area contributed by atoms with E-state index in [1.165, 1.54) is 31.4 Å². The van der Waals surface area contributed by atoms with Crippen molar-refractivity contribution >= 4 is 79.4 Å². The number of carbonyl (C=O) groups is 1. The van der Waals surface area contributed by atoms with Gasteiger partial charge in [-0.3, -0.25) is 23.0 Å². The molecule has 4 aromatic carbocycles. The fourth-order valence-corrected chi connectivity index (χ4v) is 12.2. The fourth-order valence-electron chi connectivity index (χ4n) is 9.52. The molecule has 5 N–H and O–H groups in total. The average molecular weight is 1010 g/mol. The van der Waals surface area contributed by atoms with Crippen molar-refractivity contribution in [3.8, 4) is 0 Å². The molecule has 364 valence electrons. The van der Waals surface area contributed by atoms with E-state index < -0.39 is 76.9 Å². The number of aliphatic carboxylic acids is 1. The van der Waals surface area contributed by atoms with Crippen molar-refractivity contribution in [2.75, 3.05) is 49.8 Å². The minimum absolute atomic E-state index is 0.0122. The number of hydrogen-bond acceptors (Lipinski definition) is 13. The SMILES string of the molecule is CCN1c2ccc3c(S(=O)(=O)O)cc(S(=O)(=O)O)cc3c2C(C)(C)C1C=CC=CC=C1N(CCCCCC(=O)O)c2ccc3c(S(=O)(=O)O)cc(S(=O)(=O)O)cc3c2C1(C)CCOCCOC. The summed E-state index contributed by atoms with van der Waals surface area (Å²) in [6, 6.07) is 9.71. The van der Waals surface area contributed by atoms with Gasteiger partial charge in [-0.2, -0.15) is 33.7 Å². The Balaban J connectivity index is 1.48. The summed E-state index contributed by atoms with van der Waals surface area (Å²) >= 11 is 0. The number of nitrogens with zero attached hydrogens (tertiary/aromatic N) is 2. The van der Waals surface area contributed by atoms with Gasteiger partial charge in [-0.1, -0.05) is 56.7 Å². The number of allylic oxidation sites excluding steroid dienone is 5. The van der Waals surface area contributed by atoms with Gasteiger partial charge in [0.1, 0.15) is 9.79 Å². The van der Waals surface area contributed by atoms with Crippen LogP contribution in [0.25, 0.3) is 21.5 Å². The van der Waals surface area contributed by atoms with E-state index in [1.54, 1.807) is 24.3 Å². The van der Waals surface area contributed by atoms with Crippen molar-refractivity contribution in [1.82, 2.24) is 0 Å². The Labute approximate surface area is 390 Å². The molecule has 22 heteroatoms. The largest absolute Gasteiger partial charge is 0.481 e. The quantitative estimate of drug-likeness (QED) is 0.0340. The standard InChI is InChI=1S/C45H54N2O16S4/c1-6-46-35-18-16-31-33(25-29(64(50,51)52)27-37(31)66(56,57)58)42(35)44(2,3)39(46)13-9-7-10-14-40-45(4,20-22-63-24-23-62-5)43-34-26-30(65(53,54)55)28-38(67(59,60)61)32(34)17-19-36(43)47(40)21-12-8-11-15-41(48)49/h7,9-10,13-14,16-19,25-28,39H,6,8,11-12,15,20-24H2,1-5H3,(H,48,49)(H,50,51,52)(H,53,54,55)(H,56,57,58)(H,59,60,61). The van der Waals surface area contributed by atoms with Crippen LogP contribution in [0.5, 0.6) is 0 Å². The van der Waals surface area contributed by atoms with Gasteiger partial charge in [0.15, 0.2) is 0 Å². The van der Waals surface area contributed by atoms with Crippen molar-refractivity contribution < 1.29 is 71.3 Å². The van der Waals surface area contributed by atoms with Gasteiger partial charge in [0.2, 0.25) is 0 Å². The molecule has 0 spiro atoms. The molecule has 0 radical (unpaired) electrons. The predicted molar refractivity (Wildman–Crippen MR) is 251 cm³/mol. The van der Waals surface area contributed by atoms with Crippen LogP contribution in [0.4, 0.5) is 11.4 Å². The fraction of sp³-hybridized carbons (Fsp3) is 0.400. The molecule has 2 aliphatic heterocycles. The van der Waals surface area contributed by atoms with Crippen LogP contribution in [0.3, 0.4) is 0 Å². The number of methoxy groups -OCH3 is 1. The van der Waals surface area contributed by atoms with Gasteiger partial charge in [-0.25, -0.2) is 0 Å². The first-order chi connectivity index (χ1) is 31.2. The summed E-state index contributed by atoms with van der Waals surface area (Å²) in [6.45, 7) is 9.19. The van der Waals surface area contributed by atoms with Gasteiger partial charge in [-0.15, -0.1) is 0 Å². The maximum absolute atomic E-state index is 12.7. The third-order valence-electron chi connectivity index (χ3n) is 12.5. The van der Waals surface area contributed by atoms with Crippen LogP contribution in [0, 0.1) is 0 Å². The summed E-state index contributed by atoms with van der Waals surface area (Å²) in [5.74, 6) is -0.931. The Morgan fingerprint density at radius 1 is 0.687 bits per heavy atom. The molecule has 0 saturated carbocycles. The van der Waals surface area contributed by atoms with Crippen LogP contribution in [-0.2, 0) is 65.6 Å². The maximum atomic E-state index is 12.7. The van der Waals surface area contributed by atoms with Gasteiger partial charge in [0.25, 0.3) is 40.5 Å². The van der Waals surface area contributed by atoms with E-state index in [-0.39, 0.29) is 53.6 Å². The van der Waals surface area contributed by atoms with E-state index in [9.17, 15) is 61.8 Å². The first-order valence-corrected chi connectivity index (χ1v) is 26.9. The van der Waals surface area contributed by atoms with E-state index in [4.69, 9.17) is 9.47 Å². The Morgan fingerprint density at radius 3 is 1.78 bits per heavy atom. The monoisotopic (exact) mass is 1010 g/mol. The lowest BCUT2D eigenvalue weighted by atomic mass is 9.76. The van der Waals surface area contributed by atoms with Crippen LogP contribution in [0.15, 0.2) is 104 Å². The highest BCUT2D eigenvalue weighted by molar-refractivity contribution is 7.87. The summed E-state index contributed by atoms with van der Waals surface area (Å²) in [7, 11) is -18.3. The Bertz CT molecular complexity index is 3160. The van der Waals surface area contributed by atoms with Crippen LogP contribution in [-0.4, -0.2) is 109 Å². The number of carboxylic acid groups (broad SMARTS) is 1. The lowest BCUT2D eigenvalue weighted by molar-refractivity contribution is -0.137. The second-order valence-corrected chi connectivity index (χ2v) is 22.8. The van der Waals surface area contributed by atoms with Gasteiger partial charge in [-0.05, 0) is 97.5 Å². The molecule has 0 bridgehead atoms. The molecule has 2 aliphatic rings. The number of fused-ring (bicyclic) bond motifs is 6. The van der Waals surface area contributed by atoms with Crippen LogP contribution in [0.1, 0.15) is 70.9 Å². The molecular weight excluding hydrogens is 953 g/mol. The molecular formula is C45H54N2O16S4. The van der Waals surface area contributed by atoms with E-state index >= 15 is 0 Å². The predicted octanol–water partition coefficient (Wildman–Crippen LogP) is 6.94. The van der Waals surface area contributed by atoms with Crippen molar-refractivity contribution in [1.29, 1.82) is 0 Å². The Hall–Kier alpha value is -4.75. The minimum Gasteiger partial charge on any atom is -0.481 e. The summed E-state index contributed by atoms with van der Waals surface area (Å²) in [5, 5.41) is 9.70. The van der Waals surface area contributed by atoms with Crippen molar-refractivity contribution in [2.45, 2.75) is 96.3 Å². The lowest BCUT2D eigenvalue weighted by Gasteiger charge is -2.31. The molecule has 2 heterocycles. The molecule has 0 aliphatic carbocycles. The molecule has 0 amide bonds. The number of ether oxygens (including phenoxy) is 2. The third kappa shape index (κ3) is 10.5. The number of anilines is 2. The van der Waals surface area contributed by atoms with Crippen LogP contribution >= 0.6 is 0 Å². The third-order valence-corrected chi connectivity index (χ3v) is 16.0. The number of hydrogen-bond donors (Lipinski definition) is 5. The van der Waals surface area contributed by atoms with Gasteiger partial charge in [0, 0.05) is 71.9 Å². The molecule has 2 atom stereocenters. The molecule has 0 aromatic heterocycles. The molecule has 18 nitrogen and oxygen atoms in total. The molecule has 4 aromatic rings. The van der Waals surface area contributed by atoms with Crippen LogP contribution in [0.2, 0.25) is 0 Å². The average Bonchev–Trinajstić information content (AvgIpc) is 3.60. The van der Waals surface area contributed by atoms with Crippen molar-refractivity contribution in [2.24, 2.45) is 0 Å². The van der Waals surface area contributed by atoms with E-state index in [1.807, 2.05) is 50.8 Å². The summed E-state index contributed by atoms with van der Waals surface area (Å²) in [5.41, 5.74) is 1.21. The second-order valence-electron chi connectivity index (χ2n) is 17.2. The summed E-state index contributed by atoms with van der Waals surface area (Å²) in [4.78, 5) is 12.5. The topological polar surface area (TPSA) is 280 Å². The van der Waals surface area contributed by atoms with Gasteiger partial charge < -0.3 is 24.4 Å². The lowest BCUT2D eigenvalue weighted by Crippen LogP contribution is -2.39. The van der Waals surface area contributed by atoms with Crippen molar-refractivity contribution in [3.05, 3.63) is 95.7 Å². The van der Waals surface area contributed by atoms with E-state index in [0.717, 1.165) is 0 Å². The first kappa shape index (κ1) is 51.6. The maximum Gasteiger partial charge on any atom is 0.303 e. The first-order valence-electron chi connectivity index (χ1n) is 21.2. The number of rotatable bonds is 20. The van der Waals surface area contributed by atoms with Crippen molar-refractivity contribution in [3.63, 3.8) is 0 Å². The van der Waals surface area contributed by atoms with Gasteiger partial charge >= 0.3 is 5.97 Å². The zero-order valence-electron chi connectivity index (χ0n) is 37.4. The minimum atomic E-state index is -5.02.